The Morgan fingerprint density at radius 3 is 2.61 bits per heavy atom. The summed E-state index contributed by atoms with van der Waals surface area (Å²) < 4.78 is 5.29. The summed E-state index contributed by atoms with van der Waals surface area (Å²) in [6.07, 6.45) is 6.09. The Labute approximate surface area is 109 Å². The maximum atomic E-state index is 11.7. The Balaban J connectivity index is 1.53. The normalized spacial score (nSPS) is 22.7. The Kier molecular flexibility index (Phi) is 5.74. The van der Waals surface area contributed by atoms with Crippen molar-refractivity contribution < 1.29 is 9.53 Å². The molecule has 18 heavy (non-hydrogen) atoms. The molecule has 2 rings (SSSR count). The third-order valence-electron chi connectivity index (χ3n) is 3.76. The van der Waals surface area contributed by atoms with E-state index in [0.717, 1.165) is 52.2 Å². The van der Waals surface area contributed by atoms with Gasteiger partial charge in [-0.2, -0.15) is 0 Å². The molecule has 1 aliphatic heterocycles. The lowest BCUT2D eigenvalue weighted by atomic mass is 9.96. The highest BCUT2D eigenvalue weighted by Gasteiger charge is 2.15. The van der Waals surface area contributed by atoms with Crippen molar-refractivity contribution in [3.05, 3.63) is 0 Å². The summed E-state index contributed by atoms with van der Waals surface area (Å²) >= 11 is 0. The summed E-state index contributed by atoms with van der Waals surface area (Å²) in [6.45, 7) is 5.22. The summed E-state index contributed by atoms with van der Waals surface area (Å²) in [6, 6.07) is 0.386. The van der Waals surface area contributed by atoms with Crippen LogP contribution in [0.5, 0.6) is 0 Å². The zero-order valence-corrected chi connectivity index (χ0v) is 11.1. The Bertz CT molecular complexity index is 249. The third kappa shape index (κ3) is 4.82. The van der Waals surface area contributed by atoms with Gasteiger partial charge in [-0.3, -0.25) is 4.90 Å². The number of ether oxygens (including phenoxy) is 1. The molecule has 0 spiro atoms. The lowest BCUT2D eigenvalue weighted by molar-refractivity contribution is 0.0387. The van der Waals surface area contributed by atoms with E-state index >= 15 is 0 Å². The number of carbonyl (C=O) groups excluding carboxylic acids is 1. The molecule has 0 unspecified atom stereocenters. The maximum absolute atomic E-state index is 11.7. The molecule has 1 saturated heterocycles. The topological polar surface area (TPSA) is 53.6 Å². The van der Waals surface area contributed by atoms with Crippen LogP contribution < -0.4 is 10.6 Å². The number of amides is 2. The minimum atomic E-state index is -0.00448. The van der Waals surface area contributed by atoms with Crippen LogP contribution in [0.2, 0.25) is 0 Å². The van der Waals surface area contributed by atoms with Gasteiger partial charge in [-0.1, -0.05) is 19.3 Å². The number of carbonyl (C=O) groups is 1. The highest BCUT2D eigenvalue weighted by atomic mass is 16.5. The van der Waals surface area contributed by atoms with Crippen molar-refractivity contribution in [2.45, 2.75) is 38.1 Å². The van der Waals surface area contributed by atoms with Crippen molar-refractivity contribution in [1.82, 2.24) is 15.5 Å². The summed E-state index contributed by atoms with van der Waals surface area (Å²) in [4.78, 5) is 14.0. The van der Waals surface area contributed by atoms with Crippen LogP contribution in [0.1, 0.15) is 32.1 Å². The van der Waals surface area contributed by atoms with Crippen LogP contribution in [-0.2, 0) is 4.74 Å². The Hall–Kier alpha value is -0.810. The van der Waals surface area contributed by atoms with Crippen molar-refractivity contribution in [3.63, 3.8) is 0 Å². The van der Waals surface area contributed by atoms with Gasteiger partial charge in [-0.25, -0.2) is 4.79 Å². The first kappa shape index (κ1) is 13.6. The number of nitrogens with zero attached hydrogens (tertiary/aromatic N) is 1. The minimum absolute atomic E-state index is 0.00448. The molecule has 2 amide bonds. The lowest BCUT2D eigenvalue weighted by Crippen LogP contribution is -2.46. The third-order valence-corrected chi connectivity index (χ3v) is 3.76. The number of hydrogen-bond acceptors (Lipinski definition) is 3. The standard InChI is InChI=1S/C13H25N3O2/c17-13(15-12-4-2-1-3-5-12)14-6-7-16-8-10-18-11-9-16/h12H,1-11H2,(H2,14,15,17). The first-order valence-electron chi connectivity index (χ1n) is 7.19. The van der Waals surface area contributed by atoms with Crippen molar-refractivity contribution in [2.75, 3.05) is 39.4 Å². The monoisotopic (exact) mass is 255 g/mol. The predicted octanol–water partition coefficient (Wildman–Crippen LogP) is 0.950. The van der Waals surface area contributed by atoms with Gasteiger partial charge in [0.1, 0.15) is 0 Å². The van der Waals surface area contributed by atoms with Crippen molar-refractivity contribution in [2.24, 2.45) is 0 Å². The van der Waals surface area contributed by atoms with Gasteiger partial charge in [0.05, 0.1) is 13.2 Å². The van der Waals surface area contributed by atoms with E-state index in [1.807, 2.05) is 0 Å². The van der Waals surface area contributed by atoms with Crippen LogP contribution in [0.15, 0.2) is 0 Å². The molecule has 0 aromatic heterocycles. The quantitative estimate of drug-likeness (QED) is 0.786. The number of rotatable bonds is 4. The number of hydrogen-bond donors (Lipinski definition) is 2. The second kappa shape index (κ2) is 7.59. The number of nitrogens with one attached hydrogen (secondary N) is 2. The number of urea groups is 1. The van der Waals surface area contributed by atoms with Crippen LogP contribution in [-0.4, -0.2) is 56.4 Å². The zero-order valence-electron chi connectivity index (χ0n) is 11.1. The van der Waals surface area contributed by atoms with E-state index in [2.05, 4.69) is 15.5 Å². The molecule has 1 aliphatic carbocycles. The van der Waals surface area contributed by atoms with Gasteiger partial charge in [0.25, 0.3) is 0 Å². The second-order valence-electron chi connectivity index (χ2n) is 5.19. The van der Waals surface area contributed by atoms with Crippen LogP contribution in [0.25, 0.3) is 0 Å². The van der Waals surface area contributed by atoms with Gasteiger partial charge in [0.2, 0.25) is 0 Å². The van der Waals surface area contributed by atoms with Crippen molar-refractivity contribution >= 4 is 6.03 Å². The molecule has 1 heterocycles. The fraction of sp³-hybridized carbons (Fsp3) is 0.923. The number of morpholine rings is 1. The van der Waals surface area contributed by atoms with Crippen LogP contribution in [0, 0.1) is 0 Å². The van der Waals surface area contributed by atoms with Gasteiger partial charge < -0.3 is 15.4 Å². The second-order valence-corrected chi connectivity index (χ2v) is 5.19. The van der Waals surface area contributed by atoms with Gasteiger partial charge in [-0.05, 0) is 12.8 Å². The van der Waals surface area contributed by atoms with E-state index < -0.39 is 0 Å². The van der Waals surface area contributed by atoms with Gasteiger partial charge in [-0.15, -0.1) is 0 Å². The summed E-state index contributed by atoms with van der Waals surface area (Å²) in [7, 11) is 0. The van der Waals surface area contributed by atoms with Gasteiger partial charge >= 0.3 is 6.03 Å². The van der Waals surface area contributed by atoms with Crippen LogP contribution in [0.3, 0.4) is 0 Å². The SMILES string of the molecule is O=C(NCCN1CCOCC1)NC1CCCCC1. The lowest BCUT2D eigenvalue weighted by Gasteiger charge is -2.27. The summed E-state index contributed by atoms with van der Waals surface area (Å²) in [5.41, 5.74) is 0. The van der Waals surface area contributed by atoms with E-state index in [4.69, 9.17) is 4.74 Å². The summed E-state index contributed by atoms with van der Waals surface area (Å²) in [5.74, 6) is 0. The molecule has 0 aromatic carbocycles. The fourth-order valence-electron chi connectivity index (χ4n) is 2.64. The first-order valence-corrected chi connectivity index (χ1v) is 7.19. The highest BCUT2D eigenvalue weighted by molar-refractivity contribution is 5.74. The van der Waals surface area contributed by atoms with Gasteiger partial charge in [0, 0.05) is 32.2 Å². The van der Waals surface area contributed by atoms with E-state index in [0.29, 0.717) is 6.04 Å². The molecule has 104 valence electrons. The van der Waals surface area contributed by atoms with E-state index in [1.165, 1.54) is 19.3 Å². The molecule has 5 heteroatoms. The summed E-state index contributed by atoms with van der Waals surface area (Å²) in [5, 5.41) is 6.01. The van der Waals surface area contributed by atoms with Crippen molar-refractivity contribution in [1.29, 1.82) is 0 Å². The highest BCUT2D eigenvalue weighted by Crippen LogP contribution is 2.16. The average molecular weight is 255 g/mol. The molecular weight excluding hydrogens is 230 g/mol. The zero-order chi connectivity index (χ0) is 12.6. The first-order chi connectivity index (χ1) is 8.84. The molecule has 0 aromatic rings. The van der Waals surface area contributed by atoms with E-state index in [-0.39, 0.29) is 6.03 Å². The molecule has 0 atom stereocenters. The average Bonchev–Trinajstić information content (AvgIpc) is 2.41. The molecular formula is C13H25N3O2. The maximum Gasteiger partial charge on any atom is 0.315 e. The van der Waals surface area contributed by atoms with Gasteiger partial charge in [0.15, 0.2) is 0 Å². The Morgan fingerprint density at radius 2 is 1.89 bits per heavy atom. The molecule has 0 radical (unpaired) electrons. The molecule has 5 nitrogen and oxygen atoms in total. The minimum Gasteiger partial charge on any atom is -0.379 e. The molecule has 1 saturated carbocycles. The molecule has 2 fully saturated rings. The van der Waals surface area contributed by atoms with E-state index in [9.17, 15) is 4.79 Å². The van der Waals surface area contributed by atoms with E-state index in [1.54, 1.807) is 0 Å². The fourth-order valence-corrected chi connectivity index (χ4v) is 2.64. The smallest absolute Gasteiger partial charge is 0.315 e. The molecule has 2 aliphatic rings. The van der Waals surface area contributed by atoms with Crippen LogP contribution in [0.4, 0.5) is 4.79 Å². The van der Waals surface area contributed by atoms with Crippen LogP contribution >= 0.6 is 0 Å². The molecule has 2 N–H and O–H groups in total. The molecule has 0 bridgehead atoms. The van der Waals surface area contributed by atoms with Crippen molar-refractivity contribution in [3.8, 4) is 0 Å². The Morgan fingerprint density at radius 1 is 1.17 bits per heavy atom. The predicted molar refractivity (Wildman–Crippen MR) is 70.7 cm³/mol. The largest absolute Gasteiger partial charge is 0.379 e.